The lowest BCUT2D eigenvalue weighted by Gasteiger charge is -2.40. The number of nitrogens with zero attached hydrogens (tertiary/aromatic N) is 1. The second kappa shape index (κ2) is 11.9. The molecule has 0 radical (unpaired) electrons. The van der Waals surface area contributed by atoms with Gasteiger partial charge in [-0.05, 0) is 67.8 Å². The van der Waals surface area contributed by atoms with Crippen molar-refractivity contribution in [3.8, 4) is 11.5 Å². The first-order chi connectivity index (χ1) is 20.6. The van der Waals surface area contributed by atoms with Crippen LogP contribution in [0, 0.1) is 6.92 Å². The van der Waals surface area contributed by atoms with Crippen molar-refractivity contribution in [1.29, 1.82) is 0 Å². The van der Waals surface area contributed by atoms with E-state index in [0.29, 0.717) is 11.3 Å². The number of hydrogen-bond donors (Lipinski definition) is 1. The topological polar surface area (TPSA) is 50.8 Å². The lowest BCUT2D eigenvalue weighted by molar-refractivity contribution is 0.0226. The molecule has 4 aromatic carbocycles. The first-order valence-electron chi connectivity index (χ1n) is 15.4. The van der Waals surface area contributed by atoms with Crippen LogP contribution in [0.4, 0.5) is 17.1 Å². The van der Waals surface area contributed by atoms with Gasteiger partial charge in [-0.15, -0.1) is 0 Å². The molecule has 216 valence electrons. The fourth-order valence-corrected chi connectivity index (χ4v) is 6.39. The number of nitrogens with one attached hydrogen (secondary N) is 1. The number of carbonyl (C=O) groups excluding carboxylic acids is 1. The Morgan fingerprint density at radius 1 is 0.762 bits per heavy atom. The van der Waals surface area contributed by atoms with Gasteiger partial charge in [0.05, 0.1) is 11.1 Å². The Hall–Kier alpha value is -4.25. The Bertz CT molecular complexity index is 1570. The smallest absolute Gasteiger partial charge is 0.340 e. The third kappa shape index (κ3) is 4.91. The van der Waals surface area contributed by atoms with Crippen LogP contribution >= 0.6 is 0 Å². The summed E-state index contributed by atoms with van der Waals surface area (Å²) in [6.07, 6.45) is 6.90. The molecule has 0 saturated heterocycles. The Labute approximate surface area is 249 Å². The molecule has 2 aliphatic heterocycles. The molecule has 1 atom stereocenters. The summed E-state index contributed by atoms with van der Waals surface area (Å²) >= 11 is 0. The molecule has 1 spiro atoms. The van der Waals surface area contributed by atoms with E-state index in [2.05, 4.69) is 55.3 Å². The van der Waals surface area contributed by atoms with Crippen LogP contribution in [0.5, 0.6) is 11.5 Å². The van der Waals surface area contributed by atoms with E-state index >= 15 is 0 Å². The minimum absolute atomic E-state index is 0.305. The number of rotatable bonds is 11. The molecule has 5 nitrogen and oxygen atoms in total. The zero-order chi connectivity index (χ0) is 29.1. The van der Waals surface area contributed by atoms with E-state index in [-0.39, 0.29) is 5.97 Å². The van der Waals surface area contributed by atoms with Crippen molar-refractivity contribution in [2.75, 3.05) is 23.3 Å². The lowest BCUT2D eigenvalue weighted by atomic mass is 9.76. The molecule has 0 bridgehead atoms. The average Bonchev–Trinajstić information content (AvgIpc) is 3.30. The van der Waals surface area contributed by atoms with Gasteiger partial charge in [-0.2, -0.15) is 0 Å². The summed E-state index contributed by atoms with van der Waals surface area (Å²) < 4.78 is 13.3. The maximum Gasteiger partial charge on any atom is 0.340 e. The molecule has 5 heteroatoms. The van der Waals surface area contributed by atoms with Gasteiger partial charge in [-0.25, -0.2) is 4.79 Å². The molecular weight excluding hydrogens is 520 g/mol. The van der Waals surface area contributed by atoms with Crippen LogP contribution in [0.3, 0.4) is 0 Å². The predicted octanol–water partition coefficient (Wildman–Crippen LogP) is 9.49. The predicted molar refractivity (Wildman–Crippen MR) is 170 cm³/mol. The van der Waals surface area contributed by atoms with Gasteiger partial charge in [0, 0.05) is 41.3 Å². The summed E-state index contributed by atoms with van der Waals surface area (Å²) in [5, 5.41) is 3.59. The number of hydrogen-bond acceptors (Lipinski definition) is 5. The highest BCUT2D eigenvalue weighted by molar-refractivity contribution is 5.97. The highest BCUT2D eigenvalue weighted by Gasteiger charge is 2.55. The molecular formula is C37H40N2O3. The number of fused-ring (bicyclic) bond motifs is 6. The largest absolute Gasteiger partial charge is 0.456 e. The zero-order valence-corrected chi connectivity index (χ0v) is 24.9. The first-order valence-corrected chi connectivity index (χ1v) is 15.4. The van der Waals surface area contributed by atoms with E-state index in [4.69, 9.17) is 9.47 Å². The summed E-state index contributed by atoms with van der Waals surface area (Å²) in [7, 11) is 0. The summed E-state index contributed by atoms with van der Waals surface area (Å²) in [5.74, 6) is 1.15. The van der Waals surface area contributed by atoms with Gasteiger partial charge < -0.3 is 19.7 Å². The molecule has 0 fully saturated rings. The normalized spacial score (nSPS) is 16.3. The van der Waals surface area contributed by atoms with Gasteiger partial charge >= 0.3 is 5.97 Å². The molecule has 0 amide bonds. The number of para-hydroxylation sites is 1. The maximum atomic E-state index is 13.6. The molecule has 0 saturated carbocycles. The second-order valence-electron chi connectivity index (χ2n) is 11.4. The summed E-state index contributed by atoms with van der Waals surface area (Å²) in [5.41, 5.74) is 6.17. The number of anilines is 3. The molecule has 1 unspecified atom stereocenters. The summed E-state index contributed by atoms with van der Waals surface area (Å²) in [6, 6.07) is 28.4. The maximum absolute atomic E-state index is 13.6. The number of aryl methyl sites for hydroxylation is 1. The van der Waals surface area contributed by atoms with Crippen molar-refractivity contribution in [3.05, 3.63) is 113 Å². The van der Waals surface area contributed by atoms with Gasteiger partial charge in [0.15, 0.2) is 5.60 Å². The van der Waals surface area contributed by atoms with E-state index < -0.39 is 5.60 Å². The van der Waals surface area contributed by atoms with E-state index in [1.165, 1.54) is 12.8 Å². The van der Waals surface area contributed by atoms with Gasteiger partial charge in [0.2, 0.25) is 0 Å². The fourth-order valence-electron chi connectivity index (χ4n) is 6.39. The van der Waals surface area contributed by atoms with E-state index in [0.717, 1.165) is 83.8 Å². The van der Waals surface area contributed by atoms with Gasteiger partial charge in [-0.3, -0.25) is 0 Å². The molecule has 42 heavy (non-hydrogen) atoms. The van der Waals surface area contributed by atoms with Crippen molar-refractivity contribution in [1.82, 2.24) is 0 Å². The Morgan fingerprint density at radius 2 is 1.48 bits per heavy atom. The van der Waals surface area contributed by atoms with Crippen molar-refractivity contribution < 1.29 is 14.3 Å². The van der Waals surface area contributed by atoms with Gasteiger partial charge in [-0.1, -0.05) is 82.0 Å². The molecule has 4 aromatic rings. The number of benzene rings is 4. The van der Waals surface area contributed by atoms with Crippen LogP contribution in [-0.2, 0) is 10.3 Å². The second-order valence-corrected chi connectivity index (χ2v) is 11.4. The number of ether oxygens (including phenoxy) is 2. The highest BCUT2D eigenvalue weighted by atomic mass is 16.6. The third-order valence-corrected chi connectivity index (χ3v) is 8.51. The minimum atomic E-state index is -1.12. The molecule has 0 aromatic heterocycles. The number of unbranched alkanes of at least 4 members (excludes halogenated alkanes) is 4. The van der Waals surface area contributed by atoms with E-state index in [1.807, 2.05) is 60.7 Å². The van der Waals surface area contributed by atoms with E-state index in [1.54, 1.807) is 0 Å². The Balaban J connectivity index is 1.56. The van der Waals surface area contributed by atoms with Crippen molar-refractivity contribution >= 4 is 23.0 Å². The Kier molecular flexibility index (Phi) is 7.92. The molecule has 2 heterocycles. The van der Waals surface area contributed by atoms with Gasteiger partial charge in [0.1, 0.15) is 11.5 Å². The standard InChI is InChI=1S/C37H40N2O3/c1-4-6-13-22-39(23-14-7-5-2)32-20-15-21-33-35(32)37(29-19-12-11-18-28(29)36(40)42-37)30-25-31(26(3)24-34(30)41-33)38-27-16-9-8-10-17-27/h8-12,15-21,24-25,38H,4-7,13-14,22-23H2,1-3H3. The lowest BCUT2D eigenvalue weighted by Crippen LogP contribution is -2.37. The Morgan fingerprint density at radius 3 is 2.21 bits per heavy atom. The van der Waals surface area contributed by atoms with Crippen LogP contribution < -0.4 is 15.0 Å². The van der Waals surface area contributed by atoms with E-state index in [9.17, 15) is 4.79 Å². The van der Waals surface area contributed by atoms with Crippen LogP contribution in [0.1, 0.15) is 85.0 Å². The van der Waals surface area contributed by atoms with Crippen molar-refractivity contribution in [2.45, 2.75) is 64.9 Å². The van der Waals surface area contributed by atoms with Crippen molar-refractivity contribution in [3.63, 3.8) is 0 Å². The summed E-state index contributed by atoms with van der Waals surface area (Å²) in [6.45, 7) is 8.45. The highest BCUT2D eigenvalue weighted by Crippen LogP contribution is 2.59. The third-order valence-electron chi connectivity index (χ3n) is 8.51. The molecule has 2 aliphatic rings. The SMILES string of the molecule is CCCCCN(CCCCC)c1cccc2c1C1(OC(=O)c3ccccc31)c1cc(Nc3ccccc3)c(C)cc1O2. The number of carbonyl (C=O) groups is 1. The van der Waals surface area contributed by atoms with Crippen LogP contribution in [0.15, 0.2) is 84.9 Å². The molecule has 1 N–H and O–H groups in total. The number of esters is 1. The molecule has 0 aliphatic carbocycles. The fraction of sp³-hybridized carbons (Fsp3) is 0.324. The van der Waals surface area contributed by atoms with Crippen LogP contribution in [0.25, 0.3) is 0 Å². The van der Waals surface area contributed by atoms with Crippen LogP contribution in [0.2, 0.25) is 0 Å². The monoisotopic (exact) mass is 560 g/mol. The molecule has 6 rings (SSSR count). The quantitative estimate of drug-likeness (QED) is 0.146. The average molecular weight is 561 g/mol. The first kappa shape index (κ1) is 27.9. The van der Waals surface area contributed by atoms with Gasteiger partial charge in [0.25, 0.3) is 0 Å². The van der Waals surface area contributed by atoms with Crippen LogP contribution in [-0.4, -0.2) is 19.1 Å². The minimum Gasteiger partial charge on any atom is -0.456 e. The summed E-state index contributed by atoms with van der Waals surface area (Å²) in [4.78, 5) is 16.1. The van der Waals surface area contributed by atoms with Crippen molar-refractivity contribution in [2.24, 2.45) is 0 Å². The zero-order valence-electron chi connectivity index (χ0n) is 24.9.